The number of rotatable bonds is 3. The van der Waals surface area contributed by atoms with E-state index in [0.717, 1.165) is 0 Å². The van der Waals surface area contributed by atoms with Crippen LogP contribution in [0.15, 0.2) is 47.6 Å². The number of halogens is 3. The molecule has 0 unspecified atom stereocenters. The fourth-order valence-corrected chi connectivity index (χ4v) is 2.86. The van der Waals surface area contributed by atoms with Gasteiger partial charge < -0.3 is 0 Å². The Morgan fingerprint density at radius 1 is 1.00 bits per heavy atom. The van der Waals surface area contributed by atoms with Gasteiger partial charge in [0.15, 0.2) is 5.82 Å². The number of hydrogen-bond donors (Lipinski definition) is 1. The molecule has 0 aliphatic rings. The van der Waals surface area contributed by atoms with Gasteiger partial charge in [0.05, 0.1) is 21.3 Å². The van der Waals surface area contributed by atoms with Gasteiger partial charge in [-0.1, -0.05) is 53.0 Å². The van der Waals surface area contributed by atoms with Gasteiger partial charge in [-0.15, -0.1) is 0 Å². The maximum absolute atomic E-state index is 6.21. The molecule has 1 N–H and O–H groups in total. The summed E-state index contributed by atoms with van der Waals surface area (Å²) in [5.74, 6) is 0.500. The molecule has 0 spiro atoms. The predicted octanol–water partition coefficient (Wildman–Crippen LogP) is 5.45. The van der Waals surface area contributed by atoms with Crippen molar-refractivity contribution >= 4 is 53.2 Å². The lowest BCUT2D eigenvalue weighted by Gasteiger charge is -2.04. The first-order chi connectivity index (χ1) is 11.1. The smallest absolute Gasteiger partial charge is 0.216 e. The van der Waals surface area contributed by atoms with Crippen molar-refractivity contribution in [3.8, 4) is 11.4 Å². The van der Waals surface area contributed by atoms with Crippen LogP contribution in [0, 0.1) is 4.77 Å². The zero-order valence-electron chi connectivity index (χ0n) is 11.5. The van der Waals surface area contributed by atoms with Gasteiger partial charge in [-0.3, -0.25) is 0 Å². The summed E-state index contributed by atoms with van der Waals surface area (Å²) >= 11 is 23.7. The van der Waals surface area contributed by atoms with E-state index in [1.54, 1.807) is 24.3 Å². The third-order valence-electron chi connectivity index (χ3n) is 3.07. The molecule has 0 atom stereocenters. The standard InChI is InChI=1S/C15H9Cl3N4S/c16-11-5-2-1-4-9(11)14-20-21-15(23)22(14)19-8-10-12(17)6-3-7-13(10)18/h1-8H,(H,21,23)/b19-8+. The van der Waals surface area contributed by atoms with Crippen LogP contribution in [0.25, 0.3) is 11.4 Å². The molecule has 8 heteroatoms. The Labute approximate surface area is 152 Å². The lowest BCUT2D eigenvalue weighted by atomic mass is 10.2. The van der Waals surface area contributed by atoms with Crippen LogP contribution in [0.5, 0.6) is 0 Å². The van der Waals surface area contributed by atoms with Crippen LogP contribution >= 0.6 is 47.0 Å². The summed E-state index contributed by atoms with van der Waals surface area (Å²) in [5.41, 5.74) is 1.31. The number of aromatic amines is 1. The minimum Gasteiger partial charge on any atom is -0.250 e. The first kappa shape index (κ1) is 16.2. The van der Waals surface area contributed by atoms with Crippen molar-refractivity contribution in [2.75, 3.05) is 0 Å². The highest BCUT2D eigenvalue weighted by Crippen LogP contribution is 2.26. The minimum absolute atomic E-state index is 0.333. The fourth-order valence-electron chi connectivity index (χ4n) is 1.97. The van der Waals surface area contributed by atoms with Crippen molar-refractivity contribution in [3.63, 3.8) is 0 Å². The second-order valence-electron chi connectivity index (χ2n) is 4.52. The molecule has 4 nitrogen and oxygen atoms in total. The number of nitrogens with zero attached hydrogens (tertiary/aromatic N) is 3. The van der Waals surface area contributed by atoms with E-state index in [2.05, 4.69) is 15.3 Å². The van der Waals surface area contributed by atoms with Crippen molar-refractivity contribution in [1.82, 2.24) is 14.9 Å². The van der Waals surface area contributed by atoms with E-state index in [1.165, 1.54) is 10.9 Å². The summed E-state index contributed by atoms with van der Waals surface area (Å²) in [7, 11) is 0. The summed E-state index contributed by atoms with van der Waals surface area (Å²) in [4.78, 5) is 0. The molecule has 0 aliphatic heterocycles. The van der Waals surface area contributed by atoms with Crippen molar-refractivity contribution in [1.29, 1.82) is 0 Å². The molecular formula is C15H9Cl3N4S. The SMILES string of the molecule is S=c1[nH]nc(-c2ccccc2Cl)n1/N=C/c1c(Cl)cccc1Cl. The molecule has 3 aromatic rings. The van der Waals surface area contributed by atoms with Crippen LogP contribution in [0.2, 0.25) is 15.1 Å². The average Bonchev–Trinajstić information content (AvgIpc) is 2.88. The first-order valence-corrected chi connectivity index (χ1v) is 8.03. The third kappa shape index (κ3) is 3.33. The van der Waals surface area contributed by atoms with E-state index < -0.39 is 0 Å². The Bertz CT molecular complexity index is 926. The number of H-pyrrole nitrogens is 1. The maximum atomic E-state index is 6.21. The van der Waals surface area contributed by atoms with Gasteiger partial charge in [0.25, 0.3) is 0 Å². The van der Waals surface area contributed by atoms with E-state index in [0.29, 0.717) is 36.8 Å². The van der Waals surface area contributed by atoms with Crippen LogP contribution < -0.4 is 0 Å². The maximum Gasteiger partial charge on any atom is 0.216 e. The summed E-state index contributed by atoms with van der Waals surface area (Å²) in [6.07, 6.45) is 1.54. The number of benzene rings is 2. The molecule has 0 amide bonds. The van der Waals surface area contributed by atoms with E-state index in [4.69, 9.17) is 47.0 Å². The highest BCUT2D eigenvalue weighted by atomic mass is 35.5. The molecule has 0 fully saturated rings. The topological polar surface area (TPSA) is 46.0 Å². The van der Waals surface area contributed by atoms with Crippen molar-refractivity contribution in [2.24, 2.45) is 5.10 Å². The number of hydrogen-bond acceptors (Lipinski definition) is 3. The van der Waals surface area contributed by atoms with Crippen LogP contribution in [-0.4, -0.2) is 21.1 Å². The first-order valence-electron chi connectivity index (χ1n) is 6.48. The third-order valence-corrected chi connectivity index (χ3v) is 4.32. The van der Waals surface area contributed by atoms with Gasteiger partial charge in [-0.2, -0.15) is 14.9 Å². The van der Waals surface area contributed by atoms with Crippen molar-refractivity contribution < 1.29 is 0 Å². The molecule has 0 saturated heterocycles. The quantitative estimate of drug-likeness (QED) is 0.483. The number of aromatic nitrogens is 3. The monoisotopic (exact) mass is 382 g/mol. The Hall–Kier alpha value is -1.66. The van der Waals surface area contributed by atoms with E-state index in [1.807, 2.05) is 18.2 Å². The molecule has 1 heterocycles. The van der Waals surface area contributed by atoms with Crippen LogP contribution in [0.1, 0.15) is 5.56 Å². The fraction of sp³-hybridized carbons (Fsp3) is 0. The van der Waals surface area contributed by atoms with Crippen molar-refractivity contribution in [2.45, 2.75) is 0 Å². The van der Waals surface area contributed by atoms with Gasteiger partial charge in [-0.05, 0) is 36.5 Å². The summed E-state index contributed by atoms with van der Waals surface area (Å²) in [6, 6.07) is 12.5. The zero-order valence-corrected chi connectivity index (χ0v) is 14.6. The summed E-state index contributed by atoms with van der Waals surface area (Å²) < 4.78 is 1.80. The van der Waals surface area contributed by atoms with E-state index in [-0.39, 0.29) is 0 Å². The highest BCUT2D eigenvalue weighted by Gasteiger charge is 2.11. The van der Waals surface area contributed by atoms with Crippen LogP contribution in [-0.2, 0) is 0 Å². The largest absolute Gasteiger partial charge is 0.250 e. The molecule has 0 saturated carbocycles. The van der Waals surface area contributed by atoms with Gasteiger partial charge in [0.1, 0.15) is 0 Å². The van der Waals surface area contributed by atoms with Crippen LogP contribution in [0.4, 0.5) is 0 Å². The van der Waals surface area contributed by atoms with Crippen molar-refractivity contribution in [3.05, 3.63) is 67.9 Å². The predicted molar refractivity (Wildman–Crippen MR) is 97.3 cm³/mol. The highest BCUT2D eigenvalue weighted by molar-refractivity contribution is 7.71. The van der Waals surface area contributed by atoms with E-state index >= 15 is 0 Å². The van der Waals surface area contributed by atoms with Gasteiger partial charge >= 0.3 is 0 Å². The molecule has 0 aliphatic carbocycles. The second-order valence-corrected chi connectivity index (χ2v) is 6.13. The molecule has 0 radical (unpaired) electrons. The Balaban J connectivity index is 2.09. The molecule has 23 heavy (non-hydrogen) atoms. The Kier molecular flexibility index (Phi) is 4.82. The molecular weight excluding hydrogens is 375 g/mol. The van der Waals surface area contributed by atoms with Crippen LogP contribution in [0.3, 0.4) is 0 Å². The summed E-state index contributed by atoms with van der Waals surface area (Å²) in [6.45, 7) is 0. The molecule has 1 aromatic heterocycles. The average molecular weight is 384 g/mol. The molecule has 116 valence electrons. The Morgan fingerprint density at radius 3 is 2.35 bits per heavy atom. The lowest BCUT2D eigenvalue weighted by molar-refractivity contribution is 0.871. The summed E-state index contributed by atoms with van der Waals surface area (Å²) in [5, 5.41) is 12.8. The Morgan fingerprint density at radius 2 is 1.65 bits per heavy atom. The zero-order chi connectivity index (χ0) is 16.4. The normalized spacial score (nSPS) is 11.3. The second kappa shape index (κ2) is 6.84. The van der Waals surface area contributed by atoms with Gasteiger partial charge in [0, 0.05) is 11.1 Å². The van der Waals surface area contributed by atoms with Gasteiger partial charge in [0.2, 0.25) is 4.77 Å². The molecule has 2 aromatic carbocycles. The molecule has 3 rings (SSSR count). The van der Waals surface area contributed by atoms with E-state index in [9.17, 15) is 0 Å². The lowest BCUT2D eigenvalue weighted by Crippen LogP contribution is -1.96. The number of nitrogens with one attached hydrogen (secondary N) is 1. The van der Waals surface area contributed by atoms with Gasteiger partial charge in [-0.25, -0.2) is 5.10 Å². The minimum atomic E-state index is 0.333. The molecule has 0 bridgehead atoms.